The van der Waals surface area contributed by atoms with Crippen LogP contribution in [0.3, 0.4) is 0 Å². The normalized spacial score (nSPS) is 19.6. The molecule has 2 amide bonds. The molecule has 0 aliphatic carbocycles. The van der Waals surface area contributed by atoms with Crippen LogP contribution in [0, 0.1) is 0 Å². The van der Waals surface area contributed by atoms with Crippen LogP contribution in [-0.4, -0.2) is 45.8 Å². The standard InChI is InChI=1S/C29H27N3O3/c1-2-35-25-15-9-7-13-21(25)28-27-22(20-12-6-8-14-23(20)30-27)16-24-29(34)31(18-26(33)32(24)28)17-19-10-4-3-5-11-19/h3-15,24,28,30H,2,16-18H2,1H3/t24-,28+/m0/s1. The van der Waals surface area contributed by atoms with Gasteiger partial charge in [0.1, 0.15) is 24.4 Å². The maximum Gasteiger partial charge on any atom is 0.246 e. The fourth-order valence-corrected chi connectivity index (χ4v) is 5.58. The van der Waals surface area contributed by atoms with E-state index in [0.717, 1.165) is 39.0 Å². The van der Waals surface area contributed by atoms with Crippen LogP contribution in [0.1, 0.15) is 35.3 Å². The summed E-state index contributed by atoms with van der Waals surface area (Å²) in [6.07, 6.45) is 0.489. The van der Waals surface area contributed by atoms with Gasteiger partial charge in [0.25, 0.3) is 0 Å². The smallest absolute Gasteiger partial charge is 0.246 e. The molecule has 0 spiro atoms. The van der Waals surface area contributed by atoms with E-state index in [0.29, 0.717) is 19.6 Å². The van der Waals surface area contributed by atoms with E-state index >= 15 is 0 Å². The molecule has 1 saturated heterocycles. The molecule has 6 nitrogen and oxygen atoms in total. The highest BCUT2D eigenvalue weighted by molar-refractivity contribution is 5.97. The molecule has 2 aliphatic rings. The molecule has 0 radical (unpaired) electrons. The molecule has 0 bridgehead atoms. The molecule has 3 heterocycles. The van der Waals surface area contributed by atoms with Crippen LogP contribution in [0.25, 0.3) is 10.9 Å². The van der Waals surface area contributed by atoms with Crippen LogP contribution < -0.4 is 4.74 Å². The van der Waals surface area contributed by atoms with E-state index in [1.54, 1.807) is 9.80 Å². The number of rotatable bonds is 5. The van der Waals surface area contributed by atoms with Crippen LogP contribution in [-0.2, 0) is 22.6 Å². The summed E-state index contributed by atoms with van der Waals surface area (Å²) in [6, 6.07) is 24.8. The Morgan fingerprint density at radius 2 is 1.69 bits per heavy atom. The number of carbonyl (C=O) groups is 2. The van der Waals surface area contributed by atoms with Crippen molar-refractivity contribution < 1.29 is 14.3 Å². The van der Waals surface area contributed by atoms with Crippen molar-refractivity contribution in [1.82, 2.24) is 14.8 Å². The van der Waals surface area contributed by atoms with Crippen molar-refractivity contribution in [3.8, 4) is 5.75 Å². The number of ether oxygens (including phenoxy) is 1. The minimum atomic E-state index is -0.564. The van der Waals surface area contributed by atoms with Gasteiger partial charge in [-0.25, -0.2) is 0 Å². The van der Waals surface area contributed by atoms with Crippen molar-refractivity contribution in [2.75, 3.05) is 13.2 Å². The van der Waals surface area contributed by atoms with Gasteiger partial charge >= 0.3 is 0 Å². The number of amides is 2. The predicted octanol–water partition coefficient (Wildman–Crippen LogP) is 4.45. The van der Waals surface area contributed by atoms with Crippen molar-refractivity contribution in [2.24, 2.45) is 0 Å². The monoisotopic (exact) mass is 465 g/mol. The highest BCUT2D eigenvalue weighted by Gasteiger charge is 2.48. The van der Waals surface area contributed by atoms with Crippen LogP contribution in [0.2, 0.25) is 0 Å². The fraction of sp³-hybridized carbons (Fsp3) is 0.241. The quantitative estimate of drug-likeness (QED) is 0.474. The zero-order valence-electron chi connectivity index (χ0n) is 19.6. The van der Waals surface area contributed by atoms with Crippen LogP contribution >= 0.6 is 0 Å². The predicted molar refractivity (Wildman–Crippen MR) is 134 cm³/mol. The second-order valence-corrected chi connectivity index (χ2v) is 9.14. The van der Waals surface area contributed by atoms with E-state index in [2.05, 4.69) is 11.1 Å². The van der Waals surface area contributed by atoms with E-state index in [-0.39, 0.29) is 18.4 Å². The number of benzene rings is 3. The Bertz CT molecular complexity index is 1410. The zero-order chi connectivity index (χ0) is 23.9. The largest absolute Gasteiger partial charge is 0.494 e. The van der Waals surface area contributed by atoms with Crippen molar-refractivity contribution in [3.63, 3.8) is 0 Å². The lowest BCUT2D eigenvalue weighted by molar-refractivity contribution is -0.159. The number of H-pyrrole nitrogens is 1. The summed E-state index contributed by atoms with van der Waals surface area (Å²) in [6.45, 7) is 2.96. The van der Waals surface area contributed by atoms with Gasteiger partial charge < -0.3 is 19.5 Å². The summed E-state index contributed by atoms with van der Waals surface area (Å²) in [5, 5.41) is 1.10. The summed E-state index contributed by atoms with van der Waals surface area (Å²) in [5.41, 5.74) is 4.99. The lowest BCUT2D eigenvalue weighted by Crippen LogP contribution is -2.62. The first-order valence-corrected chi connectivity index (χ1v) is 12.1. The highest BCUT2D eigenvalue weighted by atomic mass is 16.5. The summed E-state index contributed by atoms with van der Waals surface area (Å²) < 4.78 is 5.97. The van der Waals surface area contributed by atoms with Gasteiger partial charge in [0.2, 0.25) is 11.8 Å². The van der Waals surface area contributed by atoms with Crippen molar-refractivity contribution in [1.29, 1.82) is 0 Å². The minimum absolute atomic E-state index is 0.0109. The van der Waals surface area contributed by atoms with Crippen LogP contribution in [0.15, 0.2) is 78.9 Å². The second-order valence-electron chi connectivity index (χ2n) is 9.14. The summed E-state index contributed by atoms with van der Waals surface area (Å²) >= 11 is 0. The number of nitrogens with zero attached hydrogens (tertiary/aromatic N) is 2. The molecule has 176 valence electrons. The van der Waals surface area contributed by atoms with Gasteiger partial charge in [-0.05, 0) is 30.2 Å². The number of hydrogen-bond acceptors (Lipinski definition) is 3. The Morgan fingerprint density at radius 1 is 0.943 bits per heavy atom. The van der Waals surface area contributed by atoms with Gasteiger partial charge in [-0.3, -0.25) is 9.59 Å². The van der Waals surface area contributed by atoms with Crippen LogP contribution in [0.5, 0.6) is 5.75 Å². The number of piperazine rings is 1. The second kappa shape index (κ2) is 8.62. The number of aromatic nitrogens is 1. The Labute approximate surface area is 204 Å². The van der Waals surface area contributed by atoms with E-state index in [1.807, 2.05) is 79.7 Å². The first-order valence-electron chi connectivity index (χ1n) is 12.1. The maximum absolute atomic E-state index is 13.9. The average molecular weight is 466 g/mol. The van der Waals surface area contributed by atoms with Gasteiger partial charge in [0.15, 0.2) is 0 Å². The molecule has 1 N–H and O–H groups in total. The number of carbonyl (C=O) groups excluding carboxylic acids is 2. The number of nitrogens with one attached hydrogen (secondary N) is 1. The zero-order valence-corrected chi connectivity index (χ0v) is 19.6. The number of hydrogen-bond donors (Lipinski definition) is 1. The SMILES string of the molecule is CCOc1ccccc1[C@@H]1c2[nH]c3ccccc3c2C[C@H]2C(=O)N(Cc3ccccc3)CC(=O)N12. The minimum Gasteiger partial charge on any atom is -0.494 e. The Balaban J connectivity index is 1.48. The Kier molecular flexibility index (Phi) is 5.29. The van der Waals surface area contributed by atoms with Crippen molar-refractivity contribution in [2.45, 2.75) is 32.0 Å². The molecule has 6 heteroatoms. The molecule has 3 aromatic carbocycles. The maximum atomic E-state index is 13.9. The Morgan fingerprint density at radius 3 is 2.51 bits per heavy atom. The average Bonchev–Trinajstić information content (AvgIpc) is 3.26. The van der Waals surface area contributed by atoms with Gasteiger partial charge in [0, 0.05) is 35.1 Å². The molecule has 2 aliphatic heterocycles. The van der Waals surface area contributed by atoms with Gasteiger partial charge in [0.05, 0.1) is 6.61 Å². The van der Waals surface area contributed by atoms with E-state index in [4.69, 9.17) is 4.74 Å². The van der Waals surface area contributed by atoms with E-state index < -0.39 is 12.1 Å². The summed E-state index contributed by atoms with van der Waals surface area (Å²) in [5.74, 6) is 0.673. The molecular weight excluding hydrogens is 438 g/mol. The lowest BCUT2D eigenvalue weighted by Gasteiger charge is -2.47. The van der Waals surface area contributed by atoms with Gasteiger partial charge in [-0.2, -0.15) is 0 Å². The third kappa shape index (κ3) is 3.57. The first-order chi connectivity index (χ1) is 17.2. The van der Waals surface area contributed by atoms with E-state index in [9.17, 15) is 9.59 Å². The van der Waals surface area contributed by atoms with Crippen molar-refractivity contribution in [3.05, 3.63) is 101 Å². The third-order valence-corrected chi connectivity index (χ3v) is 7.07. The summed E-state index contributed by atoms with van der Waals surface area (Å²) in [7, 11) is 0. The molecule has 0 unspecified atom stereocenters. The molecule has 4 aromatic rings. The van der Waals surface area contributed by atoms with E-state index in [1.165, 1.54) is 0 Å². The number of fused-ring (bicyclic) bond motifs is 4. The summed E-state index contributed by atoms with van der Waals surface area (Å²) in [4.78, 5) is 34.7. The lowest BCUT2D eigenvalue weighted by atomic mass is 9.85. The number of aromatic amines is 1. The molecule has 0 saturated carbocycles. The van der Waals surface area contributed by atoms with Gasteiger partial charge in [-0.1, -0.05) is 66.7 Å². The molecule has 6 rings (SSSR count). The molecule has 35 heavy (non-hydrogen) atoms. The highest BCUT2D eigenvalue weighted by Crippen LogP contribution is 2.45. The topological polar surface area (TPSA) is 65.6 Å². The third-order valence-electron chi connectivity index (χ3n) is 7.07. The molecule has 1 aromatic heterocycles. The van der Waals surface area contributed by atoms with Crippen LogP contribution in [0.4, 0.5) is 0 Å². The first kappa shape index (κ1) is 21.5. The van der Waals surface area contributed by atoms with Gasteiger partial charge in [-0.15, -0.1) is 0 Å². The number of para-hydroxylation sites is 2. The molecule has 1 fully saturated rings. The Hall–Kier alpha value is -4.06. The molecular formula is C29H27N3O3. The fourth-order valence-electron chi connectivity index (χ4n) is 5.58. The van der Waals surface area contributed by atoms with Crippen molar-refractivity contribution >= 4 is 22.7 Å². The molecule has 2 atom stereocenters.